The van der Waals surface area contributed by atoms with Gasteiger partial charge in [0.15, 0.2) is 11.6 Å². The first-order valence-corrected chi connectivity index (χ1v) is 7.97. The Bertz CT molecular complexity index is 818. The van der Waals surface area contributed by atoms with E-state index >= 15 is 0 Å². The Morgan fingerprint density at radius 2 is 2.04 bits per heavy atom. The van der Waals surface area contributed by atoms with E-state index in [0.29, 0.717) is 13.2 Å². The molecule has 0 spiro atoms. The summed E-state index contributed by atoms with van der Waals surface area (Å²) in [7, 11) is 1.43. The number of hydrogen-bond donors (Lipinski definition) is 1. The molecule has 0 aliphatic carbocycles. The minimum Gasteiger partial charge on any atom is -0.481 e. The molecule has 0 saturated heterocycles. The van der Waals surface area contributed by atoms with Gasteiger partial charge in [-0.1, -0.05) is 0 Å². The minimum atomic E-state index is -1.12. The molecule has 2 heterocycles. The van der Waals surface area contributed by atoms with E-state index in [-0.39, 0.29) is 29.4 Å². The van der Waals surface area contributed by atoms with Crippen molar-refractivity contribution in [2.75, 3.05) is 25.2 Å². The first-order valence-electron chi connectivity index (χ1n) is 7.97. The molecule has 1 aliphatic heterocycles. The summed E-state index contributed by atoms with van der Waals surface area (Å²) in [4.78, 5) is 11.3. The lowest BCUT2D eigenvalue weighted by Gasteiger charge is -2.26. The minimum absolute atomic E-state index is 0.0944. The van der Waals surface area contributed by atoms with Gasteiger partial charge in [0.1, 0.15) is 0 Å². The topological polar surface area (TPSA) is 76.7 Å². The molecular formula is C17H19F2N5O2. The Morgan fingerprint density at radius 3 is 2.77 bits per heavy atom. The van der Waals surface area contributed by atoms with Crippen molar-refractivity contribution in [1.29, 1.82) is 0 Å². The molecular weight excluding hydrogens is 344 g/mol. The summed E-state index contributed by atoms with van der Waals surface area (Å²) in [5, 5.41) is 0. The van der Waals surface area contributed by atoms with Crippen molar-refractivity contribution in [2.45, 2.75) is 13.0 Å². The molecule has 1 aromatic carbocycles. The molecule has 7 nitrogen and oxygen atoms in total. The highest BCUT2D eigenvalue weighted by molar-refractivity contribution is 5.54. The van der Waals surface area contributed by atoms with E-state index in [1.165, 1.54) is 31.5 Å². The van der Waals surface area contributed by atoms with Crippen molar-refractivity contribution in [3.05, 3.63) is 48.4 Å². The Balaban J connectivity index is 1.80. The van der Waals surface area contributed by atoms with Crippen LogP contribution in [0.15, 0.2) is 36.8 Å². The van der Waals surface area contributed by atoms with Gasteiger partial charge in [-0.3, -0.25) is 0 Å². The predicted octanol–water partition coefficient (Wildman–Crippen LogP) is 2.45. The molecule has 0 saturated carbocycles. The molecule has 26 heavy (non-hydrogen) atoms. The van der Waals surface area contributed by atoms with E-state index in [2.05, 4.69) is 9.97 Å². The van der Waals surface area contributed by atoms with Gasteiger partial charge in [0.25, 0.3) is 0 Å². The second kappa shape index (κ2) is 7.52. The zero-order valence-electron chi connectivity index (χ0n) is 14.4. The van der Waals surface area contributed by atoms with Crippen LogP contribution in [-0.4, -0.2) is 41.2 Å². The van der Waals surface area contributed by atoms with Crippen LogP contribution in [0.2, 0.25) is 0 Å². The molecule has 1 atom stereocenters. The molecule has 0 unspecified atom stereocenters. The van der Waals surface area contributed by atoms with Crippen LogP contribution in [-0.2, 0) is 0 Å². The van der Waals surface area contributed by atoms with Crippen LogP contribution in [0.4, 0.5) is 14.5 Å². The summed E-state index contributed by atoms with van der Waals surface area (Å²) in [5.41, 5.74) is 5.74. The van der Waals surface area contributed by atoms with Crippen LogP contribution < -0.4 is 20.1 Å². The number of ether oxygens (including phenoxy) is 2. The lowest BCUT2D eigenvalue weighted by atomic mass is 10.2. The number of rotatable bonds is 6. The van der Waals surface area contributed by atoms with E-state index in [4.69, 9.17) is 15.2 Å². The standard InChI is InChI=1S/C17H19F2N5O2/c1-11(9-20)23-7-8-24(10-23)12-3-4-13(16(19)15(12)18)26-17-21-6-5-14(22-17)25-2/h3-8,11H,9-10,20H2,1-2H3/t11-/m0/s1. The van der Waals surface area contributed by atoms with Gasteiger partial charge >= 0.3 is 6.01 Å². The SMILES string of the molecule is COc1ccnc(Oc2ccc(N3C=CN([C@@H](C)CN)C3)c(F)c2F)n1. The highest BCUT2D eigenvalue weighted by Gasteiger charge is 2.23. The molecule has 0 fully saturated rings. The first kappa shape index (κ1) is 17.9. The molecule has 2 aromatic rings. The van der Waals surface area contributed by atoms with Crippen molar-refractivity contribution < 1.29 is 18.3 Å². The van der Waals surface area contributed by atoms with Gasteiger partial charge in [-0.25, -0.2) is 9.37 Å². The zero-order valence-corrected chi connectivity index (χ0v) is 14.4. The van der Waals surface area contributed by atoms with Gasteiger partial charge in [-0.15, -0.1) is 0 Å². The van der Waals surface area contributed by atoms with Gasteiger partial charge in [-0.05, 0) is 19.1 Å². The molecule has 2 N–H and O–H groups in total. The Morgan fingerprint density at radius 1 is 1.23 bits per heavy atom. The third-order valence-corrected chi connectivity index (χ3v) is 4.02. The fourth-order valence-electron chi connectivity index (χ4n) is 2.42. The maximum Gasteiger partial charge on any atom is 0.325 e. The maximum atomic E-state index is 14.5. The van der Waals surface area contributed by atoms with Gasteiger partial charge in [0, 0.05) is 37.2 Å². The van der Waals surface area contributed by atoms with Crippen LogP contribution in [0.1, 0.15) is 6.92 Å². The first-order chi connectivity index (χ1) is 12.5. The number of benzene rings is 1. The Hall–Kier alpha value is -2.94. The quantitative estimate of drug-likeness (QED) is 0.845. The predicted molar refractivity (Wildman–Crippen MR) is 91.9 cm³/mol. The van der Waals surface area contributed by atoms with E-state index in [9.17, 15) is 8.78 Å². The summed E-state index contributed by atoms with van der Waals surface area (Å²) in [6.45, 7) is 2.80. The van der Waals surface area contributed by atoms with Gasteiger partial charge in [0.05, 0.1) is 19.5 Å². The summed E-state index contributed by atoms with van der Waals surface area (Å²) >= 11 is 0. The lowest BCUT2D eigenvalue weighted by molar-refractivity contribution is 0.320. The van der Waals surface area contributed by atoms with Gasteiger partial charge in [-0.2, -0.15) is 9.37 Å². The van der Waals surface area contributed by atoms with E-state index in [1.807, 2.05) is 11.8 Å². The van der Waals surface area contributed by atoms with Crippen LogP contribution in [0, 0.1) is 11.6 Å². The Labute approximate surface area is 149 Å². The highest BCUT2D eigenvalue weighted by atomic mass is 19.2. The van der Waals surface area contributed by atoms with Crippen molar-refractivity contribution >= 4 is 5.69 Å². The molecule has 1 aliphatic rings. The van der Waals surface area contributed by atoms with Crippen LogP contribution in [0.25, 0.3) is 0 Å². The molecule has 0 bridgehead atoms. The summed E-state index contributed by atoms with van der Waals surface area (Å²) in [5.74, 6) is -2.19. The van der Waals surface area contributed by atoms with Crippen LogP contribution in [0.3, 0.4) is 0 Å². The average molecular weight is 363 g/mol. The largest absolute Gasteiger partial charge is 0.481 e. The van der Waals surface area contributed by atoms with E-state index < -0.39 is 11.6 Å². The third kappa shape index (κ3) is 3.52. The smallest absolute Gasteiger partial charge is 0.325 e. The number of aromatic nitrogens is 2. The average Bonchev–Trinajstić information content (AvgIpc) is 3.15. The molecule has 9 heteroatoms. The lowest BCUT2D eigenvalue weighted by Crippen LogP contribution is -2.37. The monoisotopic (exact) mass is 363 g/mol. The number of nitrogens with two attached hydrogens (primary N) is 1. The number of nitrogens with zero attached hydrogens (tertiary/aromatic N) is 4. The third-order valence-electron chi connectivity index (χ3n) is 4.02. The van der Waals surface area contributed by atoms with Crippen LogP contribution in [0.5, 0.6) is 17.6 Å². The summed E-state index contributed by atoms with van der Waals surface area (Å²) < 4.78 is 39.2. The fourth-order valence-corrected chi connectivity index (χ4v) is 2.42. The molecule has 0 radical (unpaired) electrons. The van der Waals surface area contributed by atoms with E-state index in [0.717, 1.165) is 0 Å². The second-order valence-electron chi connectivity index (χ2n) is 5.70. The van der Waals surface area contributed by atoms with Gasteiger partial charge < -0.3 is 25.0 Å². The number of hydrogen-bond acceptors (Lipinski definition) is 7. The molecule has 0 amide bonds. The zero-order chi connectivity index (χ0) is 18.7. The Kier molecular flexibility index (Phi) is 5.17. The van der Waals surface area contributed by atoms with Gasteiger partial charge in [0.2, 0.25) is 11.7 Å². The number of methoxy groups -OCH3 is 1. The fraction of sp³-hybridized carbons (Fsp3) is 0.294. The number of anilines is 1. The van der Waals surface area contributed by atoms with Crippen LogP contribution >= 0.6 is 0 Å². The molecule has 138 valence electrons. The number of halogens is 2. The maximum absolute atomic E-state index is 14.5. The van der Waals surface area contributed by atoms with Crippen molar-refractivity contribution in [3.63, 3.8) is 0 Å². The summed E-state index contributed by atoms with van der Waals surface area (Å²) in [6.07, 6.45) is 4.87. The van der Waals surface area contributed by atoms with Crippen molar-refractivity contribution in [1.82, 2.24) is 14.9 Å². The highest BCUT2D eigenvalue weighted by Crippen LogP contribution is 2.32. The van der Waals surface area contributed by atoms with E-state index in [1.54, 1.807) is 17.3 Å². The second-order valence-corrected chi connectivity index (χ2v) is 5.70. The molecule has 1 aromatic heterocycles. The normalized spacial score (nSPS) is 14.7. The summed E-state index contributed by atoms with van der Waals surface area (Å²) in [6, 6.07) is 4.24. The molecule has 3 rings (SSSR count). The van der Waals surface area contributed by atoms with Crippen molar-refractivity contribution in [3.8, 4) is 17.6 Å². The van der Waals surface area contributed by atoms with Crippen molar-refractivity contribution in [2.24, 2.45) is 5.73 Å².